The molecule has 0 saturated heterocycles. The zero-order valence-electron chi connectivity index (χ0n) is 11.5. The number of para-hydroxylation sites is 1. The molecule has 1 aromatic heterocycles. The smallest absolute Gasteiger partial charge is 0.253 e. The molecule has 0 unspecified atom stereocenters. The lowest BCUT2D eigenvalue weighted by molar-refractivity contribution is 0.0954. The molecule has 0 spiro atoms. The van der Waals surface area contributed by atoms with Crippen LogP contribution in [0.2, 0.25) is 0 Å². The average molecular weight is 276 g/mol. The first-order chi connectivity index (χ1) is 9.61. The van der Waals surface area contributed by atoms with Crippen molar-refractivity contribution >= 4 is 11.6 Å². The van der Waals surface area contributed by atoms with Crippen molar-refractivity contribution in [3.63, 3.8) is 0 Å². The largest absolute Gasteiger partial charge is 0.385 e. The van der Waals surface area contributed by atoms with Crippen LogP contribution >= 0.6 is 0 Å². The minimum atomic E-state index is -0.440. The van der Waals surface area contributed by atoms with Crippen molar-refractivity contribution in [2.24, 2.45) is 7.05 Å². The molecule has 0 saturated carbocycles. The third-order valence-corrected chi connectivity index (χ3v) is 2.94. The van der Waals surface area contributed by atoms with Crippen LogP contribution in [0.3, 0.4) is 0 Å². The standard InChI is InChI=1S/C14H17FN4O/c1-16-13-11(4-3-5-12(13)15)14(20)17-8-6-10-7-9-19(2)18-10/h3-5,7,9,16H,6,8H2,1-2H3,(H,17,20). The van der Waals surface area contributed by atoms with E-state index in [-0.39, 0.29) is 11.6 Å². The van der Waals surface area contributed by atoms with Crippen molar-refractivity contribution in [3.05, 3.63) is 47.5 Å². The topological polar surface area (TPSA) is 59.0 Å². The Morgan fingerprint density at radius 2 is 2.20 bits per heavy atom. The van der Waals surface area contributed by atoms with Crippen molar-refractivity contribution in [2.75, 3.05) is 18.9 Å². The second kappa shape index (κ2) is 6.18. The minimum absolute atomic E-state index is 0.211. The lowest BCUT2D eigenvalue weighted by Crippen LogP contribution is -2.26. The second-order valence-corrected chi connectivity index (χ2v) is 4.40. The summed E-state index contributed by atoms with van der Waals surface area (Å²) in [6, 6.07) is 6.32. The molecule has 1 heterocycles. The Balaban J connectivity index is 1.97. The molecular formula is C14H17FN4O. The fourth-order valence-electron chi connectivity index (χ4n) is 1.96. The Labute approximate surface area is 116 Å². The van der Waals surface area contributed by atoms with E-state index in [1.165, 1.54) is 12.1 Å². The maximum absolute atomic E-state index is 13.5. The molecule has 20 heavy (non-hydrogen) atoms. The fourth-order valence-corrected chi connectivity index (χ4v) is 1.96. The molecule has 1 amide bonds. The Morgan fingerprint density at radius 3 is 2.85 bits per heavy atom. The van der Waals surface area contributed by atoms with Crippen molar-refractivity contribution in [3.8, 4) is 0 Å². The van der Waals surface area contributed by atoms with Crippen molar-refractivity contribution in [1.82, 2.24) is 15.1 Å². The van der Waals surface area contributed by atoms with Crippen molar-refractivity contribution < 1.29 is 9.18 Å². The van der Waals surface area contributed by atoms with Gasteiger partial charge in [-0.2, -0.15) is 5.10 Å². The predicted molar refractivity (Wildman–Crippen MR) is 75.2 cm³/mol. The predicted octanol–water partition coefficient (Wildman–Crippen LogP) is 1.57. The molecule has 0 atom stereocenters. The van der Waals surface area contributed by atoms with Crippen LogP contribution in [0.15, 0.2) is 30.5 Å². The summed E-state index contributed by atoms with van der Waals surface area (Å²) in [6.07, 6.45) is 2.49. The molecule has 6 heteroatoms. The van der Waals surface area contributed by atoms with Crippen LogP contribution in [-0.2, 0) is 13.5 Å². The maximum atomic E-state index is 13.5. The molecule has 106 valence electrons. The maximum Gasteiger partial charge on any atom is 0.253 e. The molecule has 1 aromatic carbocycles. The van der Waals surface area contributed by atoms with E-state index in [1.54, 1.807) is 17.8 Å². The van der Waals surface area contributed by atoms with Gasteiger partial charge in [-0.25, -0.2) is 4.39 Å². The first kappa shape index (κ1) is 14.0. The fraction of sp³-hybridized carbons (Fsp3) is 0.286. The van der Waals surface area contributed by atoms with E-state index in [0.29, 0.717) is 18.5 Å². The molecule has 0 fully saturated rings. The zero-order chi connectivity index (χ0) is 14.5. The third-order valence-electron chi connectivity index (χ3n) is 2.94. The normalized spacial score (nSPS) is 10.3. The summed E-state index contributed by atoms with van der Waals surface area (Å²) in [5, 5.41) is 9.69. The molecule has 5 nitrogen and oxygen atoms in total. The van der Waals surface area contributed by atoms with E-state index in [4.69, 9.17) is 0 Å². The first-order valence-electron chi connectivity index (χ1n) is 6.35. The highest BCUT2D eigenvalue weighted by atomic mass is 19.1. The van der Waals surface area contributed by atoms with Crippen molar-refractivity contribution in [1.29, 1.82) is 0 Å². The lowest BCUT2D eigenvalue weighted by atomic mass is 10.1. The van der Waals surface area contributed by atoms with Crippen LogP contribution in [0.25, 0.3) is 0 Å². The van der Waals surface area contributed by atoms with Crippen LogP contribution in [0.4, 0.5) is 10.1 Å². The number of carbonyl (C=O) groups is 1. The summed E-state index contributed by atoms with van der Waals surface area (Å²) in [4.78, 5) is 12.0. The van der Waals surface area contributed by atoms with Crippen LogP contribution in [0.5, 0.6) is 0 Å². The number of benzene rings is 1. The summed E-state index contributed by atoms with van der Waals surface area (Å²) in [6.45, 7) is 0.454. The van der Waals surface area contributed by atoms with Crippen LogP contribution in [0.1, 0.15) is 16.1 Å². The van der Waals surface area contributed by atoms with E-state index in [0.717, 1.165) is 5.69 Å². The van der Waals surface area contributed by atoms with Gasteiger partial charge in [-0.3, -0.25) is 9.48 Å². The molecule has 0 aliphatic heterocycles. The molecule has 0 aliphatic rings. The number of anilines is 1. The first-order valence-corrected chi connectivity index (χ1v) is 6.35. The van der Waals surface area contributed by atoms with Gasteiger partial charge in [0, 0.05) is 33.3 Å². The lowest BCUT2D eigenvalue weighted by Gasteiger charge is -2.10. The molecule has 0 bridgehead atoms. The molecule has 2 N–H and O–H groups in total. The van der Waals surface area contributed by atoms with Gasteiger partial charge in [0.15, 0.2) is 0 Å². The highest BCUT2D eigenvalue weighted by molar-refractivity contribution is 5.99. The van der Waals surface area contributed by atoms with Gasteiger partial charge in [-0.05, 0) is 18.2 Å². The monoisotopic (exact) mass is 276 g/mol. The van der Waals surface area contributed by atoms with Gasteiger partial charge in [-0.15, -0.1) is 0 Å². The third kappa shape index (κ3) is 3.14. The molecule has 0 radical (unpaired) electrons. The number of hydrogen-bond acceptors (Lipinski definition) is 3. The number of aromatic nitrogens is 2. The molecule has 0 aliphatic carbocycles. The van der Waals surface area contributed by atoms with Gasteiger partial charge in [0.25, 0.3) is 5.91 Å². The van der Waals surface area contributed by atoms with Gasteiger partial charge >= 0.3 is 0 Å². The number of amides is 1. The van der Waals surface area contributed by atoms with E-state index < -0.39 is 5.82 Å². The Morgan fingerprint density at radius 1 is 1.40 bits per heavy atom. The summed E-state index contributed by atoms with van der Waals surface area (Å²) in [7, 11) is 3.43. The number of hydrogen-bond donors (Lipinski definition) is 2. The number of carbonyl (C=O) groups excluding carboxylic acids is 1. The number of halogens is 1. The van der Waals surface area contributed by atoms with Gasteiger partial charge < -0.3 is 10.6 Å². The number of nitrogens with one attached hydrogen (secondary N) is 2. The quantitative estimate of drug-likeness (QED) is 0.871. The average Bonchev–Trinajstić information content (AvgIpc) is 2.84. The van der Waals surface area contributed by atoms with E-state index in [2.05, 4.69) is 15.7 Å². The Hall–Kier alpha value is -2.37. The number of nitrogens with zero attached hydrogens (tertiary/aromatic N) is 2. The minimum Gasteiger partial charge on any atom is -0.385 e. The van der Waals surface area contributed by atoms with Gasteiger partial charge in [0.2, 0.25) is 0 Å². The van der Waals surface area contributed by atoms with Crippen molar-refractivity contribution in [2.45, 2.75) is 6.42 Å². The van der Waals surface area contributed by atoms with Crippen LogP contribution in [-0.4, -0.2) is 29.3 Å². The highest BCUT2D eigenvalue weighted by Gasteiger charge is 2.13. The van der Waals surface area contributed by atoms with E-state index >= 15 is 0 Å². The van der Waals surface area contributed by atoms with Gasteiger partial charge in [0.05, 0.1) is 16.9 Å². The summed E-state index contributed by atoms with van der Waals surface area (Å²) in [5.74, 6) is -0.741. The Kier molecular flexibility index (Phi) is 4.34. The molecular weight excluding hydrogens is 259 g/mol. The number of rotatable bonds is 5. The van der Waals surface area contributed by atoms with Gasteiger partial charge in [0.1, 0.15) is 5.82 Å². The summed E-state index contributed by atoms with van der Waals surface area (Å²) in [5.41, 5.74) is 1.41. The van der Waals surface area contributed by atoms with Crippen LogP contribution in [0, 0.1) is 5.82 Å². The second-order valence-electron chi connectivity index (χ2n) is 4.40. The van der Waals surface area contributed by atoms with E-state index in [1.807, 2.05) is 19.3 Å². The number of aryl methyl sites for hydroxylation is 1. The zero-order valence-corrected chi connectivity index (χ0v) is 11.5. The SMILES string of the molecule is CNc1c(F)cccc1C(=O)NCCc1ccn(C)n1. The molecule has 2 aromatic rings. The van der Waals surface area contributed by atoms with Crippen LogP contribution < -0.4 is 10.6 Å². The molecule has 2 rings (SSSR count). The summed E-state index contributed by atoms with van der Waals surface area (Å²) < 4.78 is 15.3. The Bertz CT molecular complexity index is 609. The summed E-state index contributed by atoms with van der Waals surface area (Å²) >= 11 is 0. The van der Waals surface area contributed by atoms with E-state index in [9.17, 15) is 9.18 Å². The van der Waals surface area contributed by atoms with Gasteiger partial charge in [-0.1, -0.05) is 6.07 Å². The highest BCUT2D eigenvalue weighted by Crippen LogP contribution is 2.18.